The quantitative estimate of drug-likeness (QED) is 0.351. The summed E-state index contributed by atoms with van der Waals surface area (Å²) in [6, 6.07) is 6.54. The second kappa shape index (κ2) is 12.9. The highest BCUT2D eigenvalue weighted by molar-refractivity contribution is 5.78. The lowest BCUT2D eigenvalue weighted by molar-refractivity contribution is -0.160. The number of carboxylic acid groups (broad SMARTS) is 1. The molecule has 0 unspecified atom stereocenters. The van der Waals surface area contributed by atoms with Gasteiger partial charge in [0, 0.05) is 37.5 Å². The van der Waals surface area contributed by atoms with E-state index in [0.29, 0.717) is 60.3 Å². The van der Waals surface area contributed by atoms with Crippen molar-refractivity contribution in [1.29, 1.82) is 0 Å². The third-order valence-electron chi connectivity index (χ3n) is 8.34. The van der Waals surface area contributed by atoms with Gasteiger partial charge >= 0.3 is 5.97 Å². The van der Waals surface area contributed by atoms with E-state index < -0.39 is 17.7 Å². The molecule has 44 heavy (non-hydrogen) atoms. The fourth-order valence-corrected chi connectivity index (χ4v) is 5.99. The summed E-state index contributed by atoms with van der Waals surface area (Å²) in [4.78, 5) is 19.7. The normalized spacial score (nSPS) is 23.2. The minimum atomic E-state index is -1.22. The number of rotatable bonds is 3. The Morgan fingerprint density at radius 2 is 1.95 bits per heavy atom. The molecule has 2 aromatic heterocycles. The maximum atomic E-state index is 14.2. The average molecular weight is 609 g/mol. The number of carboxylic acids is 1. The molecule has 3 aromatic rings. The number of benzene rings is 1. The van der Waals surface area contributed by atoms with Crippen LogP contribution in [-0.2, 0) is 20.7 Å². The van der Waals surface area contributed by atoms with Crippen LogP contribution in [-0.4, -0.2) is 62.7 Å². The first-order chi connectivity index (χ1) is 20.8. The molecular formula is C34H45FN4O5. The van der Waals surface area contributed by atoms with E-state index in [0.717, 1.165) is 37.7 Å². The Bertz CT molecular complexity index is 1520. The topological polar surface area (TPSA) is 98.4 Å². The molecule has 2 atom stereocenters. The Balaban J connectivity index is 1.60. The van der Waals surface area contributed by atoms with Crippen molar-refractivity contribution in [3.05, 3.63) is 58.7 Å². The summed E-state index contributed by atoms with van der Waals surface area (Å²) in [6.07, 6.45) is 7.38. The molecule has 1 fully saturated rings. The fraction of sp³-hybridized carbons (Fsp3) is 0.559. The predicted octanol–water partition coefficient (Wildman–Crippen LogP) is 6.70. The van der Waals surface area contributed by atoms with Gasteiger partial charge in [0.15, 0.2) is 11.8 Å². The maximum absolute atomic E-state index is 14.2. The molecule has 9 nitrogen and oxygen atoms in total. The third-order valence-corrected chi connectivity index (χ3v) is 8.34. The van der Waals surface area contributed by atoms with E-state index in [1.54, 1.807) is 10.6 Å². The molecule has 6 rings (SSSR count). The number of carbonyl (C=O) groups is 1. The highest BCUT2D eigenvalue weighted by Gasteiger charge is 2.37. The lowest BCUT2D eigenvalue weighted by atomic mass is 9.92. The van der Waals surface area contributed by atoms with E-state index in [4.69, 9.17) is 24.3 Å². The number of hydrogen-bond acceptors (Lipinski definition) is 7. The number of anilines is 1. The molecule has 0 aliphatic carbocycles. The Kier molecular flexibility index (Phi) is 9.32. The van der Waals surface area contributed by atoms with Crippen molar-refractivity contribution in [1.82, 2.24) is 14.6 Å². The number of allylic oxidation sites excluding steroid dienone is 1. The summed E-state index contributed by atoms with van der Waals surface area (Å²) in [5.41, 5.74) is 2.29. The number of aliphatic carboxylic acids is 1. The monoisotopic (exact) mass is 608 g/mol. The van der Waals surface area contributed by atoms with Crippen LogP contribution in [0.2, 0.25) is 0 Å². The number of aromatic nitrogens is 3. The van der Waals surface area contributed by atoms with Gasteiger partial charge in [0.25, 0.3) is 0 Å². The SMILES string of the molecule is Cc1nc2cc3nn2c(c1[C@H](OC(C)(C)C)C(=O)O)N1CCC(C)(CC1)OCCCC[C@H](C)Oc1cc(F)ccc1C/C=C\3. The van der Waals surface area contributed by atoms with Gasteiger partial charge in [0.2, 0.25) is 0 Å². The van der Waals surface area contributed by atoms with E-state index in [2.05, 4.69) is 11.8 Å². The largest absolute Gasteiger partial charge is 0.490 e. The number of nitrogens with zero attached hydrogens (tertiary/aromatic N) is 4. The summed E-state index contributed by atoms with van der Waals surface area (Å²) in [5.74, 6) is -0.177. The summed E-state index contributed by atoms with van der Waals surface area (Å²) in [6.45, 7) is 13.5. The second-order valence-electron chi connectivity index (χ2n) is 13.3. The maximum Gasteiger partial charge on any atom is 0.337 e. The molecule has 1 N–H and O–H groups in total. The van der Waals surface area contributed by atoms with Crippen molar-refractivity contribution in [3.8, 4) is 5.75 Å². The van der Waals surface area contributed by atoms with Crippen LogP contribution in [0, 0.1) is 12.7 Å². The van der Waals surface area contributed by atoms with E-state index in [1.807, 2.05) is 52.8 Å². The first kappa shape index (κ1) is 31.9. The van der Waals surface area contributed by atoms with Gasteiger partial charge in [-0.25, -0.2) is 14.2 Å². The molecule has 0 amide bonds. The molecule has 3 aliphatic rings. The molecule has 0 spiro atoms. The van der Waals surface area contributed by atoms with Crippen molar-refractivity contribution in [2.75, 3.05) is 24.6 Å². The van der Waals surface area contributed by atoms with Gasteiger partial charge in [-0.3, -0.25) is 0 Å². The van der Waals surface area contributed by atoms with Gasteiger partial charge in [-0.05, 0) is 97.8 Å². The van der Waals surface area contributed by atoms with Crippen LogP contribution in [0.15, 0.2) is 30.3 Å². The zero-order valence-electron chi connectivity index (χ0n) is 26.7. The van der Waals surface area contributed by atoms with Crippen molar-refractivity contribution in [2.24, 2.45) is 0 Å². The Morgan fingerprint density at radius 1 is 1.20 bits per heavy atom. The number of piperidine rings is 1. The number of ether oxygens (including phenoxy) is 3. The summed E-state index contributed by atoms with van der Waals surface area (Å²) in [7, 11) is 0. The van der Waals surface area contributed by atoms with Gasteiger partial charge in [-0.1, -0.05) is 12.1 Å². The molecule has 0 radical (unpaired) electrons. The van der Waals surface area contributed by atoms with Crippen LogP contribution in [0.4, 0.5) is 10.2 Å². The van der Waals surface area contributed by atoms with Crippen molar-refractivity contribution < 1.29 is 28.5 Å². The number of halogens is 1. The minimum absolute atomic E-state index is 0.0544. The molecule has 0 saturated carbocycles. The molecule has 1 aromatic carbocycles. The van der Waals surface area contributed by atoms with Crippen LogP contribution in [0.3, 0.4) is 0 Å². The first-order valence-electron chi connectivity index (χ1n) is 15.6. The average Bonchev–Trinajstić information content (AvgIpc) is 3.34. The van der Waals surface area contributed by atoms with Crippen molar-refractivity contribution in [2.45, 2.75) is 103 Å². The van der Waals surface area contributed by atoms with Gasteiger partial charge in [0.1, 0.15) is 17.4 Å². The van der Waals surface area contributed by atoms with Crippen LogP contribution in [0.1, 0.15) is 95.3 Å². The predicted molar refractivity (Wildman–Crippen MR) is 168 cm³/mol. The fourth-order valence-electron chi connectivity index (χ4n) is 5.99. The summed E-state index contributed by atoms with van der Waals surface area (Å²) >= 11 is 0. The second-order valence-corrected chi connectivity index (χ2v) is 13.3. The zero-order valence-corrected chi connectivity index (χ0v) is 26.7. The van der Waals surface area contributed by atoms with E-state index >= 15 is 0 Å². The highest BCUT2D eigenvalue weighted by atomic mass is 19.1. The lowest BCUT2D eigenvalue weighted by Crippen LogP contribution is -2.46. The Hall–Kier alpha value is -3.50. The van der Waals surface area contributed by atoms with Gasteiger partial charge in [0.05, 0.1) is 28.6 Å². The lowest BCUT2D eigenvalue weighted by Gasteiger charge is -2.41. The van der Waals surface area contributed by atoms with Gasteiger partial charge < -0.3 is 24.2 Å². The molecule has 3 aliphatic heterocycles. The number of aryl methyl sites for hydroxylation is 1. The minimum Gasteiger partial charge on any atom is -0.490 e. The van der Waals surface area contributed by atoms with Gasteiger partial charge in [-0.2, -0.15) is 9.61 Å². The number of hydrogen-bond donors (Lipinski definition) is 1. The third kappa shape index (κ3) is 7.41. The van der Waals surface area contributed by atoms with Crippen LogP contribution in [0.25, 0.3) is 11.7 Å². The summed E-state index contributed by atoms with van der Waals surface area (Å²) < 4.78 is 34.7. The van der Waals surface area contributed by atoms with E-state index in [9.17, 15) is 14.3 Å². The molecule has 238 valence electrons. The zero-order chi connectivity index (χ0) is 31.6. The van der Waals surface area contributed by atoms with Crippen LogP contribution >= 0.6 is 0 Å². The van der Waals surface area contributed by atoms with Crippen molar-refractivity contribution in [3.63, 3.8) is 0 Å². The molecule has 4 bridgehead atoms. The first-order valence-corrected chi connectivity index (χ1v) is 15.6. The Labute approximate surface area is 259 Å². The van der Waals surface area contributed by atoms with E-state index in [1.165, 1.54) is 12.1 Å². The van der Waals surface area contributed by atoms with Crippen molar-refractivity contribution >= 4 is 23.5 Å². The smallest absolute Gasteiger partial charge is 0.337 e. The summed E-state index contributed by atoms with van der Waals surface area (Å²) in [5, 5.41) is 15.3. The molecule has 10 heteroatoms. The molecule has 1 saturated heterocycles. The Morgan fingerprint density at radius 3 is 2.66 bits per heavy atom. The van der Waals surface area contributed by atoms with E-state index in [-0.39, 0.29) is 17.5 Å². The standard InChI is InChI=1S/C34H45FN4O5/c1-22-10-7-8-19-42-34(6)15-17-38(18-16-34)31-29(30(32(40)41)44-33(3,4)5)23(2)36-28-21-26(37-39(28)31)12-9-11-24-13-14-25(35)20-27(24)43-22/h9,12-14,20-22,30H,7-8,10-11,15-19H2,1-6H3,(H,40,41)/b12-9-/t22-,30-/m0/s1. The molecular weight excluding hydrogens is 563 g/mol. The van der Waals surface area contributed by atoms with Gasteiger partial charge in [-0.15, -0.1) is 0 Å². The highest BCUT2D eigenvalue weighted by Crippen LogP contribution is 2.38. The number of fused-ring (bicyclic) bond motifs is 9. The molecule has 5 heterocycles. The van der Waals surface area contributed by atoms with Crippen LogP contribution in [0.5, 0.6) is 5.75 Å². The van der Waals surface area contributed by atoms with Crippen LogP contribution < -0.4 is 9.64 Å².